The van der Waals surface area contributed by atoms with Crippen molar-refractivity contribution in [2.75, 3.05) is 6.61 Å². The summed E-state index contributed by atoms with van der Waals surface area (Å²) in [6, 6.07) is 0. The average Bonchev–Trinajstić information content (AvgIpc) is 2.81. The smallest absolute Gasteiger partial charge is 0.328 e. The molecule has 1 aliphatic rings. The number of aliphatic hydroxyl groups excluding tert-OH is 2. The van der Waals surface area contributed by atoms with Crippen LogP contribution in [0.4, 0.5) is 0 Å². The molecular weight excluding hydrogens is 228 g/mol. The maximum Gasteiger partial charge on any atom is 0.328 e. The van der Waals surface area contributed by atoms with E-state index in [0.29, 0.717) is 0 Å². The van der Waals surface area contributed by atoms with Gasteiger partial charge in [0.15, 0.2) is 5.78 Å². The number of Topliss-reactive ketones (excluding diaryl/α,β-unsaturated/α-hetero) is 1. The van der Waals surface area contributed by atoms with Gasteiger partial charge in [-0.2, -0.15) is 0 Å². The van der Waals surface area contributed by atoms with Crippen LogP contribution in [0.1, 0.15) is 30.1 Å². The topological polar surface area (TPSA) is 105 Å². The summed E-state index contributed by atoms with van der Waals surface area (Å²) in [7, 11) is 0. The molecule has 1 unspecified atom stereocenters. The van der Waals surface area contributed by atoms with Gasteiger partial charge in [-0.05, 0) is 0 Å². The Morgan fingerprint density at radius 2 is 2.41 bits per heavy atom. The molecule has 0 radical (unpaired) electrons. The minimum atomic E-state index is -0.812. The molecule has 0 bridgehead atoms. The van der Waals surface area contributed by atoms with Gasteiger partial charge in [0.1, 0.15) is 18.0 Å². The van der Waals surface area contributed by atoms with Gasteiger partial charge in [0.25, 0.3) is 0 Å². The fourth-order valence-corrected chi connectivity index (χ4v) is 1.85. The molecule has 0 saturated carbocycles. The van der Waals surface area contributed by atoms with Crippen LogP contribution < -0.4 is 5.69 Å². The number of ether oxygens (including phenoxy) is 1. The molecule has 0 spiro atoms. The maximum absolute atomic E-state index is 11.6. The number of aliphatic hydroxyl groups is 2. The van der Waals surface area contributed by atoms with E-state index in [0.717, 1.165) is 0 Å². The van der Waals surface area contributed by atoms with E-state index in [1.807, 2.05) is 0 Å². The predicted octanol–water partition coefficient (Wildman–Crippen LogP) is -0.980. The van der Waals surface area contributed by atoms with Gasteiger partial charge in [0.2, 0.25) is 0 Å². The number of H-pyrrole nitrogens is 1. The van der Waals surface area contributed by atoms with Crippen molar-refractivity contribution >= 4 is 5.78 Å². The number of nitrogens with zero attached hydrogens (tertiary/aromatic N) is 1. The fourth-order valence-electron chi connectivity index (χ4n) is 1.85. The SMILES string of the molecule is CC(=O)c1cn([C@H]2CC(O)[C@@H](CO)O2)c(=O)[nH]1. The summed E-state index contributed by atoms with van der Waals surface area (Å²) in [6.07, 6.45) is -0.587. The Morgan fingerprint density at radius 3 is 2.88 bits per heavy atom. The summed E-state index contributed by atoms with van der Waals surface area (Å²) in [5.74, 6) is -0.252. The van der Waals surface area contributed by atoms with Crippen LogP contribution in [0.3, 0.4) is 0 Å². The molecule has 7 nitrogen and oxygen atoms in total. The second-order valence-corrected chi connectivity index (χ2v) is 4.05. The first kappa shape index (κ1) is 12.0. The molecule has 94 valence electrons. The molecule has 1 fully saturated rings. The zero-order chi connectivity index (χ0) is 12.6. The molecule has 17 heavy (non-hydrogen) atoms. The van der Waals surface area contributed by atoms with E-state index in [4.69, 9.17) is 9.84 Å². The van der Waals surface area contributed by atoms with Gasteiger partial charge in [-0.3, -0.25) is 9.36 Å². The Hall–Kier alpha value is -1.44. The standard InChI is InChI=1S/C10H14N2O5/c1-5(14)6-3-12(10(16)11-6)9-2-7(15)8(4-13)17-9/h3,7-9,13,15H,2,4H2,1H3,(H,11,16)/t7?,8-,9-/m1/s1. The number of ketones is 1. The predicted molar refractivity (Wildman–Crippen MR) is 56.7 cm³/mol. The fraction of sp³-hybridized carbons (Fsp3) is 0.600. The zero-order valence-corrected chi connectivity index (χ0v) is 9.29. The summed E-state index contributed by atoms with van der Waals surface area (Å²) in [6.45, 7) is 1.03. The minimum absolute atomic E-state index is 0.195. The Labute approximate surface area is 96.6 Å². The molecule has 2 rings (SSSR count). The van der Waals surface area contributed by atoms with Gasteiger partial charge in [-0.1, -0.05) is 0 Å². The number of carbonyl (C=O) groups is 1. The molecule has 0 amide bonds. The van der Waals surface area contributed by atoms with Crippen LogP contribution in [0.5, 0.6) is 0 Å². The normalized spacial score (nSPS) is 28.5. The van der Waals surface area contributed by atoms with E-state index in [9.17, 15) is 14.7 Å². The summed E-state index contributed by atoms with van der Waals surface area (Å²) in [5, 5.41) is 18.5. The van der Waals surface area contributed by atoms with Crippen molar-refractivity contribution in [2.45, 2.75) is 31.8 Å². The quantitative estimate of drug-likeness (QED) is 0.591. The third-order valence-corrected chi connectivity index (χ3v) is 2.82. The van der Waals surface area contributed by atoms with Crippen molar-refractivity contribution in [1.29, 1.82) is 0 Å². The largest absolute Gasteiger partial charge is 0.394 e. The number of hydrogen-bond donors (Lipinski definition) is 3. The molecule has 1 aromatic heterocycles. The lowest BCUT2D eigenvalue weighted by atomic mass is 10.2. The van der Waals surface area contributed by atoms with Crippen molar-refractivity contribution in [3.63, 3.8) is 0 Å². The van der Waals surface area contributed by atoms with Crippen LogP contribution in [0.15, 0.2) is 11.0 Å². The number of aromatic nitrogens is 2. The van der Waals surface area contributed by atoms with Crippen LogP contribution in [0, 0.1) is 0 Å². The highest BCUT2D eigenvalue weighted by atomic mass is 16.5. The molecule has 0 aromatic carbocycles. The second-order valence-electron chi connectivity index (χ2n) is 4.05. The molecule has 1 saturated heterocycles. The van der Waals surface area contributed by atoms with Crippen LogP contribution in [0.2, 0.25) is 0 Å². The Bertz CT molecular complexity index is 477. The van der Waals surface area contributed by atoms with Crippen LogP contribution >= 0.6 is 0 Å². The Balaban J connectivity index is 2.24. The van der Waals surface area contributed by atoms with Gasteiger partial charge in [0.05, 0.1) is 12.7 Å². The van der Waals surface area contributed by atoms with E-state index in [1.165, 1.54) is 17.7 Å². The highest BCUT2D eigenvalue weighted by Gasteiger charge is 2.35. The Kier molecular flexibility index (Phi) is 3.14. The highest BCUT2D eigenvalue weighted by Crippen LogP contribution is 2.27. The number of carbonyl (C=O) groups excluding carboxylic acids is 1. The molecule has 3 atom stereocenters. The zero-order valence-electron chi connectivity index (χ0n) is 9.29. The molecule has 3 N–H and O–H groups in total. The van der Waals surface area contributed by atoms with Crippen molar-refractivity contribution < 1.29 is 19.7 Å². The summed E-state index contributed by atoms with van der Waals surface area (Å²) < 4.78 is 6.53. The van der Waals surface area contributed by atoms with E-state index < -0.39 is 24.1 Å². The highest BCUT2D eigenvalue weighted by molar-refractivity contribution is 5.91. The average molecular weight is 242 g/mol. The molecule has 7 heteroatoms. The van der Waals surface area contributed by atoms with Crippen molar-refractivity contribution in [1.82, 2.24) is 9.55 Å². The second kappa shape index (κ2) is 4.44. The lowest BCUT2D eigenvalue weighted by Crippen LogP contribution is -2.25. The van der Waals surface area contributed by atoms with Crippen molar-refractivity contribution in [2.24, 2.45) is 0 Å². The van der Waals surface area contributed by atoms with Crippen molar-refractivity contribution in [3.05, 3.63) is 22.4 Å². The van der Waals surface area contributed by atoms with E-state index in [1.54, 1.807) is 0 Å². The summed E-state index contributed by atoms with van der Waals surface area (Å²) in [5.41, 5.74) is -0.272. The van der Waals surface area contributed by atoms with Gasteiger partial charge < -0.3 is 19.9 Å². The lowest BCUT2D eigenvalue weighted by molar-refractivity contribution is -0.0453. The number of imidazole rings is 1. The molecule has 1 aliphatic heterocycles. The molecule has 1 aromatic rings. The van der Waals surface area contributed by atoms with Gasteiger partial charge >= 0.3 is 5.69 Å². The minimum Gasteiger partial charge on any atom is -0.394 e. The van der Waals surface area contributed by atoms with Gasteiger partial charge in [-0.25, -0.2) is 4.79 Å². The number of rotatable bonds is 3. The van der Waals surface area contributed by atoms with Crippen LogP contribution in [-0.2, 0) is 4.74 Å². The number of nitrogens with one attached hydrogen (secondary N) is 1. The first-order chi connectivity index (χ1) is 8.02. The molecule has 0 aliphatic carbocycles. The molecular formula is C10H14N2O5. The van der Waals surface area contributed by atoms with Crippen molar-refractivity contribution in [3.8, 4) is 0 Å². The third-order valence-electron chi connectivity index (χ3n) is 2.82. The van der Waals surface area contributed by atoms with Crippen LogP contribution in [0.25, 0.3) is 0 Å². The maximum atomic E-state index is 11.6. The molecule has 2 heterocycles. The van der Waals surface area contributed by atoms with Gasteiger partial charge in [0, 0.05) is 19.5 Å². The van der Waals surface area contributed by atoms with Crippen LogP contribution in [-0.4, -0.2) is 44.4 Å². The first-order valence-electron chi connectivity index (χ1n) is 5.29. The summed E-state index contributed by atoms with van der Waals surface area (Å²) >= 11 is 0. The van der Waals surface area contributed by atoms with E-state index in [2.05, 4.69) is 4.98 Å². The number of aromatic amines is 1. The first-order valence-corrected chi connectivity index (χ1v) is 5.29. The lowest BCUT2D eigenvalue weighted by Gasteiger charge is -2.11. The number of hydrogen-bond acceptors (Lipinski definition) is 5. The van der Waals surface area contributed by atoms with E-state index in [-0.39, 0.29) is 24.5 Å². The monoisotopic (exact) mass is 242 g/mol. The van der Waals surface area contributed by atoms with Gasteiger partial charge in [-0.15, -0.1) is 0 Å². The third kappa shape index (κ3) is 2.17. The summed E-state index contributed by atoms with van der Waals surface area (Å²) in [4.78, 5) is 25.1. The van der Waals surface area contributed by atoms with E-state index >= 15 is 0 Å². The Morgan fingerprint density at radius 1 is 1.71 bits per heavy atom.